The van der Waals surface area contributed by atoms with Crippen molar-refractivity contribution >= 4 is 44.4 Å². The lowest BCUT2D eigenvalue weighted by Crippen LogP contribution is -2.30. The predicted octanol–water partition coefficient (Wildman–Crippen LogP) is 5.50. The van der Waals surface area contributed by atoms with Gasteiger partial charge in [0.15, 0.2) is 5.13 Å². The number of carbonyl (C=O) groups excluding carboxylic acids is 2. The van der Waals surface area contributed by atoms with Crippen LogP contribution in [0.4, 0.5) is 15.6 Å². The average molecular weight is 488 g/mol. The Morgan fingerprint density at radius 2 is 1.86 bits per heavy atom. The molecule has 1 aliphatic rings. The van der Waals surface area contributed by atoms with Crippen LogP contribution in [0, 0.1) is 12.8 Å². The number of benzene rings is 2. The van der Waals surface area contributed by atoms with Crippen molar-refractivity contribution in [2.75, 3.05) is 17.2 Å². The number of urea groups is 1. The third-order valence-electron chi connectivity index (χ3n) is 5.61. The number of amides is 3. The highest BCUT2D eigenvalue weighted by Crippen LogP contribution is 2.33. The summed E-state index contributed by atoms with van der Waals surface area (Å²) >= 11 is 1.32. The Labute approximate surface area is 206 Å². The average Bonchev–Trinajstić information content (AvgIpc) is 3.63. The summed E-state index contributed by atoms with van der Waals surface area (Å²) in [6.07, 6.45) is 2.64. The number of thiazole rings is 1. The van der Waals surface area contributed by atoms with E-state index in [0.29, 0.717) is 39.3 Å². The summed E-state index contributed by atoms with van der Waals surface area (Å²) in [5.41, 5.74) is 3.39. The number of anilines is 2. The first-order chi connectivity index (χ1) is 17.0. The third kappa shape index (κ3) is 5.93. The summed E-state index contributed by atoms with van der Waals surface area (Å²) in [6, 6.07) is 18.8. The lowest BCUT2D eigenvalue weighted by molar-refractivity contribution is -0.117. The van der Waals surface area contributed by atoms with E-state index in [0.717, 1.165) is 24.8 Å². The van der Waals surface area contributed by atoms with E-state index in [-0.39, 0.29) is 17.9 Å². The van der Waals surface area contributed by atoms with Gasteiger partial charge >= 0.3 is 6.03 Å². The van der Waals surface area contributed by atoms with Gasteiger partial charge in [0.25, 0.3) is 0 Å². The van der Waals surface area contributed by atoms with Crippen molar-refractivity contribution in [2.45, 2.75) is 26.2 Å². The number of nitrogens with zero attached hydrogens (tertiary/aromatic N) is 2. The van der Waals surface area contributed by atoms with Crippen molar-refractivity contribution in [2.24, 2.45) is 5.92 Å². The summed E-state index contributed by atoms with van der Waals surface area (Å²) in [4.78, 5) is 34.0. The van der Waals surface area contributed by atoms with E-state index in [1.54, 1.807) is 12.1 Å². The molecule has 35 heavy (non-hydrogen) atoms. The van der Waals surface area contributed by atoms with E-state index in [4.69, 9.17) is 4.74 Å². The number of aryl methyl sites for hydroxylation is 1. The predicted molar refractivity (Wildman–Crippen MR) is 137 cm³/mol. The van der Waals surface area contributed by atoms with Gasteiger partial charge in [0.1, 0.15) is 16.1 Å². The fraction of sp³-hybridized carbons (Fsp3) is 0.231. The normalized spacial score (nSPS) is 12.8. The monoisotopic (exact) mass is 487 g/mol. The first-order valence-corrected chi connectivity index (χ1v) is 12.3. The fourth-order valence-corrected chi connectivity index (χ4v) is 4.34. The van der Waals surface area contributed by atoms with Crippen LogP contribution in [0.3, 0.4) is 0 Å². The standard InChI is InChI=1S/C26H25N5O3S/c1-16-7-10-19(28-25(33)27-14-13-17-5-3-2-4-6-17)15-21(16)34-22-12-11-20-24(30-22)35-26(29-20)31-23(32)18-8-9-18/h2-7,10-12,15,18H,8-9,13-14H2,1H3,(H2,27,28,33)(H,29,31,32). The molecule has 0 atom stereocenters. The van der Waals surface area contributed by atoms with Gasteiger partial charge in [0.05, 0.1) is 0 Å². The fourth-order valence-electron chi connectivity index (χ4n) is 3.50. The molecule has 0 bridgehead atoms. The highest BCUT2D eigenvalue weighted by Gasteiger charge is 2.30. The van der Waals surface area contributed by atoms with E-state index >= 15 is 0 Å². The highest BCUT2D eigenvalue weighted by atomic mass is 32.1. The smallest absolute Gasteiger partial charge is 0.319 e. The zero-order valence-corrected chi connectivity index (χ0v) is 20.0. The molecule has 3 amide bonds. The van der Waals surface area contributed by atoms with Crippen LogP contribution in [0.5, 0.6) is 11.6 Å². The number of carbonyl (C=O) groups is 2. The molecule has 0 spiro atoms. The molecule has 5 rings (SSSR count). The molecule has 1 fully saturated rings. The first kappa shape index (κ1) is 22.8. The van der Waals surface area contributed by atoms with Gasteiger partial charge < -0.3 is 20.7 Å². The van der Waals surface area contributed by atoms with Crippen LogP contribution in [0.15, 0.2) is 60.7 Å². The molecule has 8 nitrogen and oxygen atoms in total. The van der Waals surface area contributed by atoms with E-state index in [2.05, 4.69) is 25.9 Å². The maximum Gasteiger partial charge on any atom is 0.319 e. The van der Waals surface area contributed by atoms with Crippen molar-refractivity contribution in [3.63, 3.8) is 0 Å². The number of pyridine rings is 1. The number of hydrogen-bond acceptors (Lipinski definition) is 6. The molecular formula is C26H25N5O3S. The summed E-state index contributed by atoms with van der Waals surface area (Å²) in [6.45, 7) is 2.46. The largest absolute Gasteiger partial charge is 0.439 e. The minimum absolute atomic E-state index is 0.0181. The van der Waals surface area contributed by atoms with Crippen LogP contribution in [-0.2, 0) is 11.2 Å². The molecule has 4 aromatic rings. The Balaban J connectivity index is 1.21. The molecule has 2 aromatic carbocycles. The second kappa shape index (κ2) is 10.1. The lowest BCUT2D eigenvalue weighted by atomic mass is 10.1. The first-order valence-electron chi connectivity index (χ1n) is 11.5. The molecule has 9 heteroatoms. The Kier molecular flexibility index (Phi) is 6.58. The van der Waals surface area contributed by atoms with Gasteiger partial charge in [0, 0.05) is 30.3 Å². The van der Waals surface area contributed by atoms with Crippen molar-refractivity contribution in [1.82, 2.24) is 15.3 Å². The van der Waals surface area contributed by atoms with Crippen LogP contribution in [0.25, 0.3) is 10.3 Å². The molecule has 3 N–H and O–H groups in total. The minimum atomic E-state index is -0.277. The molecule has 0 unspecified atom stereocenters. The van der Waals surface area contributed by atoms with Gasteiger partial charge in [-0.15, -0.1) is 0 Å². The van der Waals surface area contributed by atoms with Crippen LogP contribution >= 0.6 is 11.3 Å². The number of nitrogens with one attached hydrogen (secondary N) is 3. The topological polar surface area (TPSA) is 105 Å². The third-order valence-corrected chi connectivity index (χ3v) is 6.49. The molecule has 0 aliphatic heterocycles. The zero-order chi connectivity index (χ0) is 24.2. The second-order valence-electron chi connectivity index (χ2n) is 8.46. The van der Waals surface area contributed by atoms with Gasteiger partial charge in [-0.3, -0.25) is 4.79 Å². The second-order valence-corrected chi connectivity index (χ2v) is 9.43. The number of fused-ring (bicyclic) bond motifs is 1. The molecule has 178 valence electrons. The summed E-state index contributed by atoms with van der Waals surface area (Å²) in [7, 11) is 0. The molecule has 2 aromatic heterocycles. The zero-order valence-electron chi connectivity index (χ0n) is 19.2. The highest BCUT2D eigenvalue weighted by molar-refractivity contribution is 7.21. The van der Waals surface area contributed by atoms with E-state index in [9.17, 15) is 9.59 Å². The molecule has 1 saturated carbocycles. The van der Waals surface area contributed by atoms with Gasteiger partial charge in [-0.2, -0.15) is 0 Å². The minimum Gasteiger partial charge on any atom is -0.439 e. The van der Waals surface area contributed by atoms with Gasteiger partial charge in [-0.25, -0.2) is 14.8 Å². The van der Waals surface area contributed by atoms with Gasteiger partial charge in [-0.05, 0) is 49.4 Å². The Bertz CT molecular complexity index is 1370. The number of hydrogen-bond donors (Lipinski definition) is 3. The molecule has 1 aliphatic carbocycles. The van der Waals surface area contributed by atoms with Crippen molar-refractivity contribution in [3.8, 4) is 11.6 Å². The van der Waals surface area contributed by atoms with Crippen molar-refractivity contribution in [1.29, 1.82) is 0 Å². The number of ether oxygens (including phenoxy) is 1. The maximum absolute atomic E-state index is 12.3. The maximum atomic E-state index is 12.3. The van der Waals surface area contributed by atoms with Crippen LogP contribution in [0.1, 0.15) is 24.0 Å². The summed E-state index contributed by atoms with van der Waals surface area (Å²) < 4.78 is 6.03. The Morgan fingerprint density at radius 3 is 2.66 bits per heavy atom. The lowest BCUT2D eigenvalue weighted by Gasteiger charge is -2.12. The molecule has 0 radical (unpaired) electrons. The SMILES string of the molecule is Cc1ccc(NC(=O)NCCc2ccccc2)cc1Oc1ccc2nc(NC(=O)C3CC3)sc2n1. The van der Waals surface area contributed by atoms with E-state index in [1.165, 1.54) is 16.9 Å². The number of aromatic nitrogens is 2. The van der Waals surface area contributed by atoms with E-state index < -0.39 is 0 Å². The van der Waals surface area contributed by atoms with Gasteiger partial charge in [-0.1, -0.05) is 47.7 Å². The van der Waals surface area contributed by atoms with Crippen molar-refractivity contribution in [3.05, 3.63) is 71.8 Å². The Morgan fingerprint density at radius 1 is 1.03 bits per heavy atom. The number of rotatable bonds is 8. The van der Waals surface area contributed by atoms with Crippen molar-refractivity contribution < 1.29 is 14.3 Å². The van der Waals surface area contributed by atoms with Crippen LogP contribution < -0.4 is 20.7 Å². The molecule has 2 heterocycles. The molecular weight excluding hydrogens is 462 g/mol. The van der Waals surface area contributed by atoms with E-state index in [1.807, 2.05) is 55.5 Å². The molecule has 0 saturated heterocycles. The summed E-state index contributed by atoms with van der Waals surface area (Å²) in [5, 5.41) is 9.13. The Hall–Kier alpha value is -3.98. The van der Waals surface area contributed by atoms with Crippen LogP contribution in [0.2, 0.25) is 0 Å². The quantitative estimate of drug-likeness (QED) is 0.304. The van der Waals surface area contributed by atoms with Crippen LogP contribution in [-0.4, -0.2) is 28.5 Å². The van der Waals surface area contributed by atoms with Gasteiger partial charge in [0.2, 0.25) is 11.8 Å². The summed E-state index contributed by atoms with van der Waals surface area (Å²) in [5.74, 6) is 1.13.